The zero-order chi connectivity index (χ0) is 23.1. The van der Waals surface area contributed by atoms with Gasteiger partial charge in [-0.2, -0.15) is 10.1 Å². The van der Waals surface area contributed by atoms with E-state index in [-0.39, 0.29) is 17.8 Å². The van der Waals surface area contributed by atoms with Crippen LogP contribution in [-0.4, -0.2) is 31.5 Å². The smallest absolute Gasteiger partial charge is 0.240 e. The third kappa shape index (κ3) is 3.57. The molecule has 0 bridgehead atoms. The summed E-state index contributed by atoms with van der Waals surface area (Å²) in [6, 6.07) is 13.0. The van der Waals surface area contributed by atoms with Crippen LogP contribution in [0.4, 0.5) is 14.7 Å². The summed E-state index contributed by atoms with van der Waals surface area (Å²) in [5.74, 6) is -0.240. The first-order valence-corrected chi connectivity index (χ1v) is 10.2. The molecule has 0 aliphatic rings. The van der Waals surface area contributed by atoms with Crippen LogP contribution in [0.15, 0.2) is 67.1 Å². The van der Waals surface area contributed by atoms with Crippen molar-refractivity contribution in [1.82, 2.24) is 24.4 Å². The molecule has 0 saturated carbocycles. The molecule has 5 aromatic rings. The first kappa shape index (κ1) is 20.6. The van der Waals surface area contributed by atoms with E-state index < -0.39 is 5.82 Å². The molecule has 0 spiro atoms. The molecule has 0 aliphatic carbocycles. The van der Waals surface area contributed by atoms with Crippen LogP contribution in [0.5, 0.6) is 5.75 Å². The summed E-state index contributed by atoms with van der Waals surface area (Å²) in [5.41, 5.74) is 8.91. The number of nitrogens with two attached hydrogens (primary N) is 1. The minimum absolute atomic E-state index is 0.0994. The maximum absolute atomic E-state index is 15.7. The Kier molecular flexibility index (Phi) is 5.01. The van der Waals surface area contributed by atoms with Gasteiger partial charge in [0.1, 0.15) is 11.6 Å². The molecule has 0 fully saturated rings. The zero-order valence-electron chi connectivity index (χ0n) is 17.9. The van der Waals surface area contributed by atoms with Crippen LogP contribution in [0.1, 0.15) is 18.5 Å². The van der Waals surface area contributed by atoms with Crippen LogP contribution in [-0.2, 0) is 0 Å². The second-order valence-electron chi connectivity index (χ2n) is 7.60. The zero-order valence-corrected chi connectivity index (χ0v) is 17.9. The Morgan fingerprint density at radius 2 is 1.76 bits per heavy atom. The van der Waals surface area contributed by atoms with E-state index in [2.05, 4.69) is 15.2 Å². The van der Waals surface area contributed by atoms with E-state index in [1.54, 1.807) is 59.7 Å². The van der Waals surface area contributed by atoms with Crippen molar-refractivity contribution in [2.75, 3.05) is 12.8 Å². The standard InChI is InChI=1S/C24H20F2N6O/c1-14(15-6-8-17(25)9-7-15)32-13-16(12-28-32)18-4-3-5-19(21(18)26)20-10-11-31-23(22(20)33-2)29-24(27)30-31/h3-14H,1-2H3,(H2,27,30)/t14-/m1/s1. The van der Waals surface area contributed by atoms with Gasteiger partial charge in [0.05, 0.1) is 19.3 Å². The molecule has 166 valence electrons. The molecular weight excluding hydrogens is 426 g/mol. The molecule has 0 radical (unpaired) electrons. The Morgan fingerprint density at radius 1 is 1.00 bits per heavy atom. The molecular formula is C24H20F2N6O. The Balaban J connectivity index is 1.55. The number of nitrogen functional groups attached to an aromatic ring is 1. The van der Waals surface area contributed by atoms with Gasteiger partial charge in [-0.15, -0.1) is 5.10 Å². The van der Waals surface area contributed by atoms with E-state index in [1.165, 1.54) is 23.8 Å². The molecule has 7 nitrogen and oxygen atoms in total. The number of methoxy groups -OCH3 is 1. The van der Waals surface area contributed by atoms with E-state index in [1.807, 2.05) is 6.92 Å². The number of ether oxygens (including phenoxy) is 1. The fourth-order valence-corrected chi connectivity index (χ4v) is 3.90. The number of hydrogen-bond donors (Lipinski definition) is 1. The Labute approximate surface area is 188 Å². The summed E-state index contributed by atoms with van der Waals surface area (Å²) in [5, 5.41) is 8.48. The van der Waals surface area contributed by atoms with Crippen molar-refractivity contribution in [2.45, 2.75) is 13.0 Å². The van der Waals surface area contributed by atoms with E-state index in [0.29, 0.717) is 33.7 Å². The highest BCUT2D eigenvalue weighted by Crippen LogP contribution is 2.37. The lowest BCUT2D eigenvalue weighted by Gasteiger charge is -2.13. The molecule has 3 aromatic heterocycles. The van der Waals surface area contributed by atoms with Gasteiger partial charge in [0.15, 0.2) is 11.4 Å². The monoisotopic (exact) mass is 446 g/mol. The van der Waals surface area contributed by atoms with Gasteiger partial charge in [0, 0.05) is 34.6 Å². The van der Waals surface area contributed by atoms with Gasteiger partial charge in [0.2, 0.25) is 5.95 Å². The molecule has 0 aliphatic heterocycles. The van der Waals surface area contributed by atoms with Crippen molar-refractivity contribution in [3.63, 3.8) is 0 Å². The summed E-state index contributed by atoms with van der Waals surface area (Å²) in [4.78, 5) is 4.18. The third-order valence-electron chi connectivity index (χ3n) is 5.63. The van der Waals surface area contributed by atoms with Crippen molar-refractivity contribution < 1.29 is 13.5 Å². The average molecular weight is 446 g/mol. The van der Waals surface area contributed by atoms with E-state index in [4.69, 9.17) is 10.5 Å². The summed E-state index contributed by atoms with van der Waals surface area (Å²) in [6.45, 7) is 1.95. The largest absolute Gasteiger partial charge is 0.492 e. The highest BCUT2D eigenvalue weighted by molar-refractivity contribution is 5.81. The third-order valence-corrected chi connectivity index (χ3v) is 5.63. The number of halogens is 2. The fraction of sp³-hybridized carbons (Fsp3) is 0.125. The number of hydrogen-bond acceptors (Lipinski definition) is 5. The number of nitrogens with zero attached hydrogens (tertiary/aromatic N) is 5. The minimum Gasteiger partial charge on any atom is -0.492 e. The molecule has 2 N–H and O–H groups in total. The molecule has 3 heterocycles. The number of rotatable bonds is 5. The van der Waals surface area contributed by atoms with Gasteiger partial charge in [-0.1, -0.05) is 30.3 Å². The van der Waals surface area contributed by atoms with Crippen molar-refractivity contribution in [1.29, 1.82) is 0 Å². The lowest BCUT2D eigenvalue weighted by atomic mass is 9.99. The van der Waals surface area contributed by atoms with Gasteiger partial charge in [0.25, 0.3) is 0 Å². The van der Waals surface area contributed by atoms with Gasteiger partial charge in [-0.25, -0.2) is 13.3 Å². The maximum Gasteiger partial charge on any atom is 0.240 e. The molecule has 1 atom stereocenters. The predicted octanol–water partition coefficient (Wildman–Crippen LogP) is 4.74. The maximum atomic E-state index is 15.7. The van der Waals surface area contributed by atoms with Crippen LogP contribution in [0.25, 0.3) is 27.9 Å². The van der Waals surface area contributed by atoms with Gasteiger partial charge in [-0.3, -0.25) is 4.68 Å². The van der Waals surface area contributed by atoms with Gasteiger partial charge < -0.3 is 10.5 Å². The SMILES string of the molecule is COc1c(-c2cccc(-c3cnn([C@H](C)c4ccc(F)cc4)c3)c2F)ccn2nc(N)nc12. The first-order chi connectivity index (χ1) is 16.0. The minimum atomic E-state index is -0.415. The number of aromatic nitrogens is 5. The van der Waals surface area contributed by atoms with Crippen molar-refractivity contribution >= 4 is 11.6 Å². The van der Waals surface area contributed by atoms with Gasteiger partial charge in [-0.05, 0) is 30.7 Å². The highest BCUT2D eigenvalue weighted by Gasteiger charge is 2.20. The van der Waals surface area contributed by atoms with E-state index >= 15 is 4.39 Å². The second-order valence-corrected chi connectivity index (χ2v) is 7.60. The number of benzene rings is 2. The second kappa shape index (κ2) is 8.01. The molecule has 9 heteroatoms. The van der Waals surface area contributed by atoms with Crippen LogP contribution in [0, 0.1) is 11.6 Å². The topological polar surface area (TPSA) is 83.3 Å². The first-order valence-electron chi connectivity index (χ1n) is 10.2. The predicted molar refractivity (Wildman–Crippen MR) is 121 cm³/mol. The Hall–Kier alpha value is -4.27. The summed E-state index contributed by atoms with van der Waals surface area (Å²) >= 11 is 0. The van der Waals surface area contributed by atoms with Crippen molar-refractivity contribution in [3.05, 3.63) is 84.3 Å². The quantitative estimate of drug-likeness (QED) is 0.422. The molecule has 33 heavy (non-hydrogen) atoms. The van der Waals surface area contributed by atoms with E-state index in [9.17, 15) is 4.39 Å². The normalized spacial score (nSPS) is 12.2. The lowest BCUT2D eigenvalue weighted by Crippen LogP contribution is -2.06. The highest BCUT2D eigenvalue weighted by atomic mass is 19.1. The number of fused-ring (bicyclic) bond motifs is 1. The van der Waals surface area contributed by atoms with E-state index in [0.717, 1.165) is 5.56 Å². The Bertz CT molecular complexity index is 1460. The fourth-order valence-electron chi connectivity index (χ4n) is 3.90. The molecule has 2 aromatic carbocycles. The number of pyridine rings is 1. The van der Waals surface area contributed by atoms with Crippen molar-refractivity contribution in [3.8, 4) is 28.0 Å². The number of anilines is 1. The molecule has 0 unspecified atom stereocenters. The summed E-state index contributed by atoms with van der Waals surface area (Å²) in [7, 11) is 1.49. The molecule has 0 amide bonds. The van der Waals surface area contributed by atoms with Crippen LogP contribution >= 0.6 is 0 Å². The van der Waals surface area contributed by atoms with Crippen LogP contribution < -0.4 is 10.5 Å². The lowest BCUT2D eigenvalue weighted by molar-refractivity contribution is 0.418. The Morgan fingerprint density at radius 3 is 2.52 bits per heavy atom. The summed E-state index contributed by atoms with van der Waals surface area (Å²) < 4.78 is 37.7. The molecule has 5 rings (SSSR count). The molecule has 0 saturated heterocycles. The van der Waals surface area contributed by atoms with Gasteiger partial charge >= 0.3 is 0 Å². The average Bonchev–Trinajstić information content (AvgIpc) is 3.45. The van der Waals surface area contributed by atoms with Crippen molar-refractivity contribution in [2.24, 2.45) is 0 Å². The van der Waals surface area contributed by atoms with Crippen LogP contribution in [0.2, 0.25) is 0 Å². The summed E-state index contributed by atoms with van der Waals surface area (Å²) in [6.07, 6.45) is 5.04. The van der Waals surface area contributed by atoms with Crippen LogP contribution in [0.3, 0.4) is 0 Å².